The molecule has 2 unspecified atom stereocenters. The quantitative estimate of drug-likeness (QED) is 0.839. The van der Waals surface area contributed by atoms with Gasteiger partial charge in [0.15, 0.2) is 6.79 Å². The maximum atomic E-state index is 9.57. The van der Waals surface area contributed by atoms with E-state index >= 15 is 0 Å². The zero-order valence-corrected chi connectivity index (χ0v) is 11.1. The van der Waals surface area contributed by atoms with Crippen molar-refractivity contribution in [2.75, 3.05) is 19.9 Å². The highest BCUT2D eigenvalue weighted by molar-refractivity contribution is 6.30. The van der Waals surface area contributed by atoms with Crippen LogP contribution in [0.1, 0.15) is 11.1 Å². The summed E-state index contributed by atoms with van der Waals surface area (Å²) < 4.78 is 10.8. The summed E-state index contributed by atoms with van der Waals surface area (Å²) in [6.45, 7) is 2.25. The molecule has 1 aromatic rings. The van der Waals surface area contributed by atoms with Gasteiger partial charge in [-0.05, 0) is 12.1 Å². The third-order valence-electron chi connectivity index (χ3n) is 3.48. The summed E-state index contributed by atoms with van der Waals surface area (Å²) >= 11 is 6.10. The third-order valence-corrected chi connectivity index (χ3v) is 3.70. The number of hydrogen-bond acceptors (Lipinski definition) is 5. The summed E-state index contributed by atoms with van der Waals surface area (Å²) in [7, 11) is 0. The molecule has 0 aliphatic carbocycles. The number of aliphatic hydroxyl groups excluding tert-OH is 2. The lowest BCUT2D eigenvalue weighted by molar-refractivity contribution is -0.0174. The van der Waals surface area contributed by atoms with Gasteiger partial charge in [-0.15, -0.1) is 0 Å². The number of likely N-dealkylation sites (tertiary alicyclic amines) is 1. The third kappa shape index (κ3) is 2.70. The summed E-state index contributed by atoms with van der Waals surface area (Å²) in [4.78, 5) is 1.99. The topological polar surface area (TPSA) is 62.2 Å². The Morgan fingerprint density at radius 2 is 2.00 bits per heavy atom. The Morgan fingerprint density at radius 1 is 1.26 bits per heavy atom. The number of rotatable bonds is 2. The maximum absolute atomic E-state index is 9.57. The molecule has 2 heterocycles. The number of benzene rings is 1. The number of β-amino-alcohol motifs (C(OH)–C–C–N with tert-alkyl or cyclic N) is 2. The highest BCUT2D eigenvalue weighted by atomic mass is 35.5. The Labute approximate surface area is 116 Å². The van der Waals surface area contributed by atoms with E-state index in [1.807, 2.05) is 17.0 Å². The number of hydrogen-bond donors (Lipinski definition) is 2. The summed E-state index contributed by atoms with van der Waals surface area (Å²) in [6, 6.07) is 3.70. The first-order valence-corrected chi connectivity index (χ1v) is 6.61. The largest absolute Gasteiger partial charge is 0.467 e. The van der Waals surface area contributed by atoms with Crippen LogP contribution in [-0.2, 0) is 17.9 Å². The van der Waals surface area contributed by atoms with Crippen molar-refractivity contribution >= 4 is 11.6 Å². The molecule has 1 aromatic carbocycles. The molecular weight excluding hydrogens is 270 g/mol. The normalized spacial score (nSPS) is 27.1. The maximum Gasteiger partial charge on any atom is 0.189 e. The van der Waals surface area contributed by atoms with Crippen LogP contribution in [0.25, 0.3) is 0 Å². The fourth-order valence-electron chi connectivity index (χ4n) is 2.59. The molecular formula is C13H16ClNO4. The minimum atomic E-state index is -0.681. The van der Waals surface area contributed by atoms with E-state index in [2.05, 4.69) is 0 Å². The van der Waals surface area contributed by atoms with Crippen molar-refractivity contribution in [2.45, 2.75) is 25.4 Å². The average molecular weight is 286 g/mol. The van der Waals surface area contributed by atoms with Gasteiger partial charge in [-0.1, -0.05) is 11.6 Å². The first-order valence-electron chi connectivity index (χ1n) is 6.24. The molecule has 0 saturated carbocycles. The first kappa shape index (κ1) is 13.1. The predicted molar refractivity (Wildman–Crippen MR) is 69.0 cm³/mol. The van der Waals surface area contributed by atoms with E-state index in [-0.39, 0.29) is 6.79 Å². The summed E-state index contributed by atoms with van der Waals surface area (Å²) in [5, 5.41) is 19.8. The zero-order valence-electron chi connectivity index (χ0n) is 10.4. The highest BCUT2D eigenvalue weighted by Crippen LogP contribution is 2.33. The summed E-state index contributed by atoms with van der Waals surface area (Å²) in [5.41, 5.74) is 1.90. The Balaban J connectivity index is 1.82. The van der Waals surface area contributed by atoms with Crippen LogP contribution in [0.5, 0.6) is 5.75 Å². The summed E-state index contributed by atoms with van der Waals surface area (Å²) in [6.07, 6.45) is -1.36. The van der Waals surface area contributed by atoms with Crippen LogP contribution in [0.3, 0.4) is 0 Å². The minimum absolute atomic E-state index is 0.243. The Hall–Kier alpha value is -0.850. The van der Waals surface area contributed by atoms with Crippen LogP contribution in [0.15, 0.2) is 12.1 Å². The van der Waals surface area contributed by atoms with Crippen molar-refractivity contribution < 1.29 is 19.7 Å². The lowest BCUT2D eigenvalue weighted by Crippen LogP contribution is -2.23. The van der Waals surface area contributed by atoms with Crippen LogP contribution >= 0.6 is 11.6 Å². The van der Waals surface area contributed by atoms with E-state index in [4.69, 9.17) is 21.1 Å². The number of fused-ring (bicyclic) bond motifs is 1. The van der Waals surface area contributed by atoms with Crippen LogP contribution in [-0.4, -0.2) is 47.2 Å². The van der Waals surface area contributed by atoms with Gasteiger partial charge in [0.2, 0.25) is 0 Å². The van der Waals surface area contributed by atoms with Crippen molar-refractivity contribution in [3.05, 3.63) is 28.3 Å². The molecule has 2 atom stereocenters. The van der Waals surface area contributed by atoms with E-state index < -0.39 is 12.2 Å². The van der Waals surface area contributed by atoms with E-state index in [1.54, 1.807) is 0 Å². The van der Waals surface area contributed by atoms with Gasteiger partial charge in [0, 0.05) is 35.8 Å². The molecule has 3 rings (SSSR count). The molecule has 2 aliphatic rings. The van der Waals surface area contributed by atoms with Crippen molar-refractivity contribution in [1.82, 2.24) is 4.90 Å². The van der Waals surface area contributed by atoms with Crippen LogP contribution in [0.4, 0.5) is 0 Å². The molecule has 19 heavy (non-hydrogen) atoms. The highest BCUT2D eigenvalue weighted by Gasteiger charge is 2.30. The molecule has 0 amide bonds. The molecule has 0 radical (unpaired) electrons. The molecule has 104 valence electrons. The van der Waals surface area contributed by atoms with Crippen LogP contribution < -0.4 is 4.74 Å². The minimum Gasteiger partial charge on any atom is -0.467 e. The van der Waals surface area contributed by atoms with E-state index in [9.17, 15) is 10.2 Å². The second-order valence-corrected chi connectivity index (χ2v) is 5.43. The fourth-order valence-corrected chi connectivity index (χ4v) is 2.85. The second-order valence-electron chi connectivity index (χ2n) is 4.99. The Kier molecular flexibility index (Phi) is 3.64. The number of ether oxygens (including phenoxy) is 2. The van der Waals surface area contributed by atoms with Crippen LogP contribution in [0, 0.1) is 0 Å². The molecule has 0 bridgehead atoms. The molecule has 0 aromatic heterocycles. The zero-order chi connectivity index (χ0) is 13.4. The predicted octanol–water partition coefficient (Wildman–Crippen LogP) is 0.744. The van der Waals surface area contributed by atoms with Crippen molar-refractivity contribution in [2.24, 2.45) is 0 Å². The fraction of sp³-hybridized carbons (Fsp3) is 0.538. The molecule has 1 saturated heterocycles. The number of nitrogens with zero attached hydrogens (tertiary/aromatic N) is 1. The summed E-state index contributed by atoms with van der Waals surface area (Å²) in [5.74, 6) is 0.812. The molecule has 6 heteroatoms. The SMILES string of the molecule is OC1CN(Cc2cc(Cl)cc3c2OCOC3)CC1O. The first-order chi connectivity index (χ1) is 9.13. The monoisotopic (exact) mass is 285 g/mol. The van der Waals surface area contributed by atoms with Gasteiger partial charge in [-0.2, -0.15) is 0 Å². The van der Waals surface area contributed by atoms with Gasteiger partial charge in [-0.3, -0.25) is 4.90 Å². The van der Waals surface area contributed by atoms with E-state index in [0.717, 1.165) is 16.9 Å². The molecule has 2 N–H and O–H groups in total. The van der Waals surface area contributed by atoms with Crippen molar-refractivity contribution in [1.29, 1.82) is 0 Å². The molecule has 2 aliphatic heterocycles. The van der Waals surface area contributed by atoms with Crippen molar-refractivity contribution in [3.63, 3.8) is 0 Å². The lowest BCUT2D eigenvalue weighted by Gasteiger charge is -2.23. The van der Waals surface area contributed by atoms with Gasteiger partial charge in [0.05, 0.1) is 18.8 Å². The second kappa shape index (κ2) is 5.26. The van der Waals surface area contributed by atoms with E-state index in [0.29, 0.717) is 31.3 Å². The Morgan fingerprint density at radius 3 is 2.74 bits per heavy atom. The van der Waals surface area contributed by atoms with Gasteiger partial charge < -0.3 is 19.7 Å². The van der Waals surface area contributed by atoms with Gasteiger partial charge in [0.1, 0.15) is 5.75 Å². The van der Waals surface area contributed by atoms with Gasteiger partial charge >= 0.3 is 0 Å². The van der Waals surface area contributed by atoms with E-state index in [1.165, 1.54) is 0 Å². The molecule has 1 fully saturated rings. The lowest BCUT2D eigenvalue weighted by atomic mass is 10.1. The Bertz CT molecular complexity index is 472. The van der Waals surface area contributed by atoms with Crippen LogP contribution in [0.2, 0.25) is 5.02 Å². The van der Waals surface area contributed by atoms with Crippen molar-refractivity contribution in [3.8, 4) is 5.75 Å². The van der Waals surface area contributed by atoms with Gasteiger partial charge in [-0.25, -0.2) is 0 Å². The average Bonchev–Trinajstić information content (AvgIpc) is 2.68. The number of halogens is 1. The number of aliphatic hydroxyl groups is 2. The smallest absolute Gasteiger partial charge is 0.189 e. The molecule has 0 spiro atoms. The standard InChI is InChI=1S/C13H16ClNO4/c14-10-1-8(3-15-4-11(16)12(17)5-15)13-9(2-10)6-18-7-19-13/h1-2,11-12,16-17H,3-7H2. The molecule has 5 nitrogen and oxygen atoms in total. The van der Waals surface area contributed by atoms with Gasteiger partial charge in [0.25, 0.3) is 0 Å².